The summed E-state index contributed by atoms with van der Waals surface area (Å²) in [6.45, 7) is 1.48. The molecule has 4 heteroatoms. The highest BCUT2D eigenvalue weighted by atomic mass is 35.5. The van der Waals surface area contributed by atoms with Crippen LogP contribution in [0.2, 0.25) is 5.15 Å². The van der Waals surface area contributed by atoms with E-state index in [1.165, 1.54) is 0 Å². The van der Waals surface area contributed by atoms with Crippen LogP contribution in [-0.2, 0) is 0 Å². The maximum Gasteiger partial charge on any atom is 0.155 e. The van der Waals surface area contributed by atoms with Gasteiger partial charge in [0.2, 0.25) is 0 Å². The Kier molecular flexibility index (Phi) is 1.58. The minimum atomic E-state index is 0.474. The number of fused-ring (bicyclic) bond motifs is 1. The zero-order valence-electron chi connectivity index (χ0n) is 5.80. The Hall–Kier alpha value is -0.960. The number of aromatic nitrogens is 1. The van der Waals surface area contributed by atoms with Crippen LogP contribution in [0.25, 0.3) is 0 Å². The fourth-order valence-electron chi connectivity index (χ4n) is 1.04. The Morgan fingerprint density at radius 3 is 3.36 bits per heavy atom. The first-order valence-corrected chi connectivity index (χ1v) is 3.77. The van der Waals surface area contributed by atoms with Gasteiger partial charge in [0.1, 0.15) is 18.0 Å². The summed E-state index contributed by atoms with van der Waals surface area (Å²) >= 11 is 5.79. The van der Waals surface area contributed by atoms with Crippen molar-refractivity contribution in [1.82, 2.24) is 4.98 Å². The molecule has 1 aliphatic heterocycles. The van der Waals surface area contributed by atoms with Crippen LogP contribution in [0, 0.1) is 0 Å². The molecule has 0 aromatic carbocycles. The fourth-order valence-corrected chi connectivity index (χ4v) is 1.25. The number of anilines is 1. The zero-order valence-corrected chi connectivity index (χ0v) is 6.56. The van der Waals surface area contributed by atoms with Crippen molar-refractivity contribution in [2.75, 3.05) is 18.5 Å². The second kappa shape index (κ2) is 2.58. The third-order valence-corrected chi connectivity index (χ3v) is 1.81. The topological polar surface area (TPSA) is 34.2 Å². The first-order valence-electron chi connectivity index (χ1n) is 3.39. The lowest BCUT2D eigenvalue weighted by molar-refractivity contribution is 0.323. The molecule has 0 bridgehead atoms. The van der Waals surface area contributed by atoms with E-state index in [0.717, 1.165) is 18.0 Å². The van der Waals surface area contributed by atoms with Crippen LogP contribution in [0.4, 0.5) is 5.69 Å². The smallest absolute Gasteiger partial charge is 0.155 e. The summed E-state index contributed by atoms with van der Waals surface area (Å²) in [5.41, 5.74) is 0.806. The van der Waals surface area contributed by atoms with Crippen LogP contribution in [0.3, 0.4) is 0 Å². The minimum absolute atomic E-state index is 0.474. The molecule has 58 valence electrons. The van der Waals surface area contributed by atoms with Crippen LogP contribution < -0.4 is 10.1 Å². The van der Waals surface area contributed by atoms with E-state index in [-0.39, 0.29) is 0 Å². The number of pyridine rings is 1. The number of nitrogens with one attached hydrogen (secondary N) is 1. The molecule has 0 saturated heterocycles. The van der Waals surface area contributed by atoms with Crippen LogP contribution in [0.15, 0.2) is 12.3 Å². The maximum atomic E-state index is 5.79. The van der Waals surface area contributed by atoms with E-state index in [4.69, 9.17) is 16.3 Å². The maximum absolute atomic E-state index is 5.79. The minimum Gasteiger partial charge on any atom is -0.489 e. The first kappa shape index (κ1) is 6.73. The van der Waals surface area contributed by atoms with E-state index >= 15 is 0 Å². The second-order valence-electron chi connectivity index (χ2n) is 2.25. The van der Waals surface area contributed by atoms with Gasteiger partial charge in [0, 0.05) is 18.8 Å². The molecule has 1 aliphatic rings. The van der Waals surface area contributed by atoms with Gasteiger partial charge in [0.15, 0.2) is 5.15 Å². The molecule has 11 heavy (non-hydrogen) atoms. The molecule has 1 N–H and O–H groups in total. The van der Waals surface area contributed by atoms with Gasteiger partial charge in [-0.15, -0.1) is 0 Å². The second-order valence-corrected chi connectivity index (χ2v) is 2.61. The molecule has 0 spiro atoms. The highest BCUT2D eigenvalue weighted by Gasteiger charge is 2.12. The molecule has 3 nitrogen and oxygen atoms in total. The third kappa shape index (κ3) is 1.12. The van der Waals surface area contributed by atoms with E-state index in [9.17, 15) is 0 Å². The number of ether oxygens (including phenoxy) is 1. The number of halogens is 1. The van der Waals surface area contributed by atoms with Gasteiger partial charge in [-0.05, 0) is 0 Å². The SMILES string of the molecule is Clc1nccc2c1NCCO2. The van der Waals surface area contributed by atoms with Crippen molar-refractivity contribution in [3.05, 3.63) is 17.4 Å². The Balaban J connectivity index is 2.49. The monoisotopic (exact) mass is 170 g/mol. The number of hydrogen-bond donors (Lipinski definition) is 1. The summed E-state index contributed by atoms with van der Waals surface area (Å²) < 4.78 is 5.32. The predicted octanol–water partition coefficient (Wildman–Crippen LogP) is 1.54. The van der Waals surface area contributed by atoms with Gasteiger partial charge in [-0.2, -0.15) is 0 Å². The average molecular weight is 171 g/mol. The molecule has 0 radical (unpaired) electrons. The molecule has 0 aliphatic carbocycles. The van der Waals surface area contributed by atoms with Crippen LogP contribution in [-0.4, -0.2) is 18.1 Å². The number of rotatable bonds is 0. The lowest BCUT2D eigenvalue weighted by Crippen LogP contribution is -2.18. The van der Waals surface area contributed by atoms with Crippen LogP contribution >= 0.6 is 11.6 Å². The Morgan fingerprint density at radius 1 is 1.64 bits per heavy atom. The molecule has 0 amide bonds. The van der Waals surface area contributed by atoms with Gasteiger partial charge in [-0.25, -0.2) is 4.98 Å². The van der Waals surface area contributed by atoms with Gasteiger partial charge in [-0.1, -0.05) is 11.6 Å². The third-order valence-electron chi connectivity index (χ3n) is 1.53. The van der Waals surface area contributed by atoms with Crippen molar-refractivity contribution in [3.8, 4) is 5.75 Å². The summed E-state index contributed by atoms with van der Waals surface area (Å²) in [6.07, 6.45) is 1.63. The predicted molar refractivity (Wildman–Crippen MR) is 43.2 cm³/mol. The summed E-state index contributed by atoms with van der Waals surface area (Å²) in [5, 5.41) is 3.59. The van der Waals surface area contributed by atoms with Gasteiger partial charge >= 0.3 is 0 Å². The molecular weight excluding hydrogens is 164 g/mol. The van der Waals surface area contributed by atoms with E-state index in [0.29, 0.717) is 11.8 Å². The highest BCUT2D eigenvalue weighted by molar-refractivity contribution is 6.32. The van der Waals surface area contributed by atoms with Crippen molar-refractivity contribution >= 4 is 17.3 Å². The molecule has 0 atom stereocenters. The highest BCUT2D eigenvalue weighted by Crippen LogP contribution is 2.31. The molecule has 2 heterocycles. The number of hydrogen-bond acceptors (Lipinski definition) is 3. The van der Waals surface area contributed by atoms with E-state index in [1.54, 1.807) is 12.3 Å². The summed E-state index contributed by atoms with van der Waals surface area (Å²) in [4.78, 5) is 3.92. The van der Waals surface area contributed by atoms with Crippen LogP contribution in [0.1, 0.15) is 0 Å². The van der Waals surface area contributed by atoms with E-state index < -0.39 is 0 Å². The van der Waals surface area contributed by atoms with Gasteiger partial charge in [0.25, 0.3) is 0 Å². The molecule has 2 rings (SSSR count). The molecular formula is C7H7ClN2O. The Labute approximate surface area is 69.3 Å². The van der Waals surface area contributed by atoms with E-state index in [1.807, 2.05) is 0 Å². The van der Waals surface area contributed by atoms with Gasteiger partial charge in [0.05, 0.1) is 0 Å². The number of nitrogens with zero attached hydrogens (tertiary/aromatic N) is 1. The van der Waals surface area contributed by atoms with Crippen molar-refractivity contribution in [1.29, 1.82) is 0 Å². The quantitative estimate of drug-likeness (QED) is 0.600. The van der Waals surface area contributed by atoms with Crippen molar-refractivity contribution < 1.29 is 4.74 Å². The molecule has 1 aromatic rings. The summed E-state index contributed by atoms with van der Waals surface area (Å²) in [5.74, 6) is 0.788. The van der Waals surface area contributed by atoms with E-state index in [2.05, 4.69) is 10.3 Å². The standard InChI is InChI=1S/C7H7ClN2O/c8-7-6-5(1-2-10-7)11-4-3-9-6/h1-2,9H,3-4H2. The summed E-state index contributed by atoms with van der Waals surface area (Å²) in [6, 6.07) is 1.80. The molecule has 0 fully saturated rings. The average Bonchev–Trinajstić information content (AvgIpc) is 2.06. The molecule has 0 saturated carbocycles. The van der Waals surface area contributed by atoms with Gasteiger partial charge < -0.3 is 10.1 Å². The molecule has 1 aromatic heterocycles. The zero-order chi connectivity index (χ0) is 7.68. The van der Waals surface area contributed by atoms with Gasteiger partial charge in [-0.3, -0.25) is 0 Å². The van der Waals surface area contributed by atoms with Crippen molar-refractivity contribution in [3.63, 3.8) is 0 Å². The summed E-state index contributed by atoms with van der Waals surface area (Å²) in [7, 11) is 0. The Morgan fingerprint density at radius 2 is 2.55 bits per heavy atom. The van der Waals surface area contributed by atoms with Crippen molar-refractivity contribution in [2.24, 2.45) is 0 Å². The fraction of sp³-hybridized carbons (Fsp3) is 0.286. The lowest BCUT2D eigenvalue weighted by atomic mass is 10.3. The molecule has 0 unspecified atom stereocenters. The van der Waals surface area contributed by atoms with Crippen molar-refractivity contribution in [2.45, 2.75) is 0 Å². The lowest BCUT2D eigenvalue weighted by Gasteiger charge is -2.18. The Bertz CT molecular complexity index is 277. The largest absolute Gasteiger partial charge is 0.489 e. The normalized spacial score (nSPS) is 14.6. The first-order chi connectivity index (χ1) is 5.38. The van der Waals surface area contributed by atoms with Crippen LogP contribution in [0.5, 0.6) is 5.75 Å².